The first-order chi connectivity index (χ1) is 9.58. The monoisotopic (exact) mass is 301 g/mol. The van der Waals surface area contributed by atoms with Crippen LogP contribution in [-0.4, -0.2) is 47.0 Å². The lowest BCUT2D eigenvalue weighted by Crippen LogP contribution is -2.53. The van der Waals surface area contributed by atoms with Crippen LogP contribution in [0.2, 0.25) is 0 Å². The smallest absolute Gasteiger partial charge is 0.412 e. The van der Waals surface area contributed by atoms with Crippen molar-refractivity contribution in [3.8, 4) is 0 Å². The first-order valence-electron chi connectivity index (χ1n) is 7.35. The second kappa shape index (κ2) is 6.22. The van der Waals surface area contributed by atoms with E-state index in [9.17, 15) is 14.7 Å². The standard InChI is InChI=1S/C15H27NO5/c1-7-8-9-15(5)10(11(17)18)16(13(19)20-6)12(21-15)14(2,3)4/h10,12H,7-9H2,1-6H3,(H,17,18). The maximum atomic E-state index is 12.1. The molecule has 1 amide bonds. The lowest BCUT2D eigenvalue weighted by molar-refractivity contribution is -0.145. The topological polar surface area (TPSA) is 76.1 Å². The van der Waals surface area contributed by atoms with Crippen molar-refractivity contribution in [2.24, 2.45) is 5.41 Å². The molecule has 0 saturated carbocycles. The summed E-state index contributed by atoms with van der Waals surface area (Å²) in [5.74, 6) is -1.06. The van der Waals surface area contributed by atoms with Crippen molar-refractivity contribution in [2.45, 2.75) is 71.8 Å². The number of rotatable bonds is 4. The van der Waals surface area contributed by atoms with E-state index < -0.39 is 35.3 Å². The number of amides is 1. The Hall–Kier alpha value is -1.30. The van der Waals surface area contributed by atoms with Crippen LogP contribution < -0.4 is 0 Å². The number of aliphatic carboxylic acids is 1. The predicted octanol–water partition coefficient (Wildman–Crippen LogP) is 2.86. The summed E-state index contributed by atoms with van der Waals surface area (Å²) in [5.41, 5.74) is -1.32. The van der Waals surface area contributed by atoms with Gasteiger partial charge in [-0.15, -0.1) is 0 Å². The highest BCUT2D eigenvalue weighted by Gasteiger charge is 2.59. The maximum absolute atomic E-state index is 12.1. The predicted molar refractivity (Wildman–Crippen MR) is 77.9 cm³/mol. The molecule has 6 nitrogen and oxygen atoms in total. The number of hydrogen-bond acceptors (Lipinski definition) is 4. The van der Waals surface area contributed by atoms with E-state index in [1.54, 1.807) is 6.92 Å². The molecular weight excluding hydrogens is 274 g/mol. The molecular formula is C15H27NO5. The maximum Gasteiger partial charge on any atom is 0.412 e. The Labute approximate surface area is 126 Å². The van der Waals surface area contributed by atoms with Gasteiger partial charge in [-0.2, -0.15) is 0 Å². The van der Waals surface area contributed by atoms with Crippen molar-refractivity contribution >= 4 is 12.1 Å². The molecule has 0 bridgehead atoms. The highest BCUT2D eigenvalue weighted by molar-refractivity contribution is 5.82. The Kier molecular flexibility index (Phi) is 5.25. The van der Waals surface area contributed by atoms with Crippen LogP contribution in [0.3, 0.4) is 0 Å². The molecule has 0 aliphatic carbocycles. The van der Waals surface area contributed by atoms with Gasteiger partial charge in [0.1, 0.15) is 6.23 Å². The number of carbonyl (C=O) groups excluding carboxylic acids is 1. The summed E-state index contributed by atoms with van der Waals surface area (Å²) in [7, 11) is 1.25. The van der Waals surface area contributed by atoms with Gasteiger partial charge in [-0.05, 0) is 13.3 Å². The number of hydrogen-bond donors (Lipinski definition) is 1. The molecule has 1 N–H and O–H groups in total. The van der Waals surface area contributed by atoms with Gasteiger partial charge < -0.3 is 14.6 Å². The molecule has 1 rings (SSSR count). The summed E-state index contributed by atoms with van der Waals surface area (Å²) in [4.78, 5) is 25.1. The van der Waals surface area contributed by atoms with Crippen molar-refractivity contribution in [1.82, 2.24) is 4.90 Å². The zero-order chi connectivity index (χ0) is 16.4. The Balaban J connectivity index is 3.25. The third-order valence-corrected chi connectivity index (χ3v) is 3.88. The Morgan fingerprint density at radius 3 is 2.33 bits per heavy atom. The van der Waals surface area contributed by atoms with Crippen molar-refractivity contribution in [2.75, 3.05) is 7.11 Å². The fraction of sp³-hybridized carbons (Fsp3) is 0.867. The van der Waals surface area contributed by atoms with Crippen molar-refractivity contribution in [3.05, 3.63) is 0 Å². The van der Waals surface area contributed by atoms with Crippen LogP contribution >= 0.6 is 0 Å². The van der Waals surface area contributed by atoms with Crippen LogP contribution in [0.5, 0.6) is 0 Å². The number of ether oxygens (including phenoxy) is 2. The Bertz CT molecular complexity index is 403. The third kappa shape index (κ3) is 3.48. The molecule has 0 aromatic carbocycles. The van der Waals surface area contributed by atoms with Gasteiger partial charge in [0.25, 0.3) is 0 Å². The normalized spacial score (nSPS) is 29.5. The molecule has 6 heteroatoms. The van der Waals surface area contributed by atoms with Crippen molar-refractivity contribution in [3.63, 3.8) is 0 Å². The van der Waals surface area contributed by atoms with Crippen LogP contribution in [-0.2, 0) is 14.3 Å². The van der Waals surface area contributed by atoms with Crippen molar-refractivity contribution < 1.29 is 24.2 Å². The summed E-state index contributed by atoms with van der Waals surface area (Å²) in [6, 6.07) is -1.04. The van der Waals surface area contributed by atoms with E-state index in [0.717, 1.165) is 12.8 Å². The molecule has 1 saturated heterocycles. The fourth-order valence-electron chi connectivity index (χ4n) is 2.81. The average Bonchev–Trinajstić information content (AvgIpc) is 2.69. The number of carboxylic acid groups (broad SMARTS) is 1. The number of methoxy groups -OCH3 is 1. The lowest BCUT2D eigenvalue weighted by Gasteiger charge is -2.33. The SMILES string of the molecule is CCCCC1(C)OC(C(C)(C)C)N(C(=O)OC)C1C(=O)O. The van der Waals surface area contributed by atoms with Crippen LogP contribution in [0, 0.1) is 5.41 Å². The minimum absolute atomic E-state index is 0.411. The van der Waals surface area contributed by atoms with Gasteiger partial charge in [-0.3, -0.25) is 4.90 Å². The van der Waals surface area contributed by atoms with Gasteiger partial charge in [0.05, 0.1) is 12.7 Å². The number of nitrogens with zero attached hydrogens (tertiary/aromatic N) is 1. The van der Waals surface area contributed by atoms with Crippen molar-refractivity contribution in [1.29, 1.82) is 0 Å². The summed E-state index contributed by atoms with van der Waals surface area (Å²) in [6.45, 7) is 9.55. The number of carboxylic acids is 1. The summed E-state index contributed by atoms with van der Waals surface area (Å²) >= 11 is 0. The molecule has 1 heterocycles. The second-order valence-corrected chi connectivity index (χ2v) is 6.87. The van der Waals surface area contributed by atoms with Gasteiger partial charge >= 0.3 is 12.1 Å². The van der Waals surface area contributed by atoms with Gasteiger partial charge in [-0.1, -0.05) is 40.5 Å². The number of carbonyl (C=O) groups is 2. The van der Waals surface area contributed by atoms with Gasteiger partial charge in [-0.25, -0.2) is 9.59 Å². The molecule has 3 atom stereocenters. The van der Waals surface area contributed by atoms with Gasteiger partial charge in [0, 0.05) is 5.41 Å². The fourth-order valence-corrected chi connectivity index (χ4v) is 2.81. The van der Waals surface area contributed by atoms with E-state index in [4.69, 9.17) is 9.47 Å². The van der Waals surface area contributed by atoms with Crippen LogP contribution in [0.15, 0.2) is 0 Å². The Morgan fingerprint density at radius 1 is 1.38 bits per heavy atom. The molecule has 0 aromatic heterocycles. The second-order valence-electron chi connectivity index (χ2n) is 6.87. The minimum atomic E-state index is -1.06. The largest absolute Gasteiger partial charge is 0.480 e. The van der Waals surface area contributed by atoms with E-state index in [2.05, 4.69) is 0 Å². The van der Waals surface area contributed by atoms with Gasteiger partial charge in [0.2, 0.25) is 0 Å². The quantitative estimate of drug-likeness (QED) is 0.864. The molecule has 1 aliphatic rings. The van der Waals surface area contributed by atoms with Crippen LogP contribution in [0.4, 0.5) is 4.79 Å². The third-order valence-electron chi connectivity index (χ3n) is 3.88. The van der Waals surface area contributed by atoms with Crippen LogP contribution in [0.1, 0.15) is 53.9 Å². The molecule has 3 unspecified atom stereocenters. The minimum Gasteiger partial charge on any atom is -0.480 e. The molecule has 21 heavy (non-hydrogen) atoms. The highest BCUT2D eigenvalue weighted by atomic mass is 16.6. The molecule has 122 valence electrons. The molecule has 0 spiro atoms. The first kappa shape index (κ1) is 17.8. The van der Waals surface area contributed by atoms with E-state index >= 15 is 0 Å². The molecule has 0 aromatic rings. The first-order valence-corrected chi connectivity index (χ1v) is 7.35. The van der Waals surface area contributed by atoms with E-state index in [1.807, 2.05) is 27.7 Å². The zero-order valence-electron chi connectivity index (χ0n) is 13.8. The molecule has 1 aliphatic heterocycles. The van der Waals surface area contributed by atoms with E-state index in [1.165, 1.54) is 12.0 Å². The van der Waals surface area contributed by atoms with Crippen LogP contribution in [0.25, 0.3) is 0 Å². The van der Waals surface area contributed by atoms with Gasteiger partial charge in [0.15, 0.2) is 6.04 Å². The molecule has 1 fully saturated rings. The summed E-state index contributed by atoms with van der Waals surface area (Å²) in [6.07, 6.45) is 1.06. The van der Waals surface area contributed by atoms with E-state index in [-0.39, 0.29) is 0 Å². The molecule has 0 radical (unpaired) electrons. The highest BCUT2D eigenvalue weighted by Crippen LogP contribution is 2.43. The average molecular weight is 301 g/mol. The Morgan fingerprint density at radius 2 is 1.95 bits per heavy atom. The zero-order valence-corrected chi connectivity index (χ0v) is 13.8. The lowest BCUT2D eigenvalue weighted by atomic mass is 9.90. The summed E-state index contributed by atoms with van der Waals surface area (Å²) < 4.78 is 10.9. The van der Waals surface area contributed by atoms with E-state index in [0.29, 0.717) is 6.42 Å². The summed E-state index contributed by atoms with van der Waals surface area (Å²) in [5, 5.41) is 9.62. The number of unbranched alkanes of at least 4 members (excludes halogenated alkanes) is 1.